The van der Waals surface area contributed by atoms with Gasteiger partial charge in [0, 0.05) is 5.75 Å². The summed E-state index contributed by atoms with van der Waals surface area (Å²) in [5.41, 5.74) is 0. The van der Waals surface area contributed by atoms with E-state index in [1.54, 1.807) is 0 Å². The zero-order valence-electron chi connectivity index (χ0n) is 6.07. The van der Waals surface area contributed by atoms with Crippen molar-refractivity contribution in [3.05, 3.63) is 0 Å². The number of aliphatic hydroxyl groups is 1. The molecular formula is C4H9NaO4S. The van der Waals surface area contributed by atoms with E-state index in [0.29, 0.717) is 0 Å². The number of rotatable bonds is 3. The van der Waals surface area contributed by atoms with Gasteiger partial charge in [0.1, 0.15) is 0 Å². The minimum absolute atomic E-state index is 0. The largest absolute Gasteiger partial charge is 1.00 e. The third-order valence-corrected chi connectivity index (χ3v) is 1.52. The van der Waals surface area contributed by atoms with Gasteiger partial charge >= 0.3 is 29.6 Å². The number of aliphatic hydroxyl groups excluding tert-OH is 1. The summed E-state index contributed by atoms with van der Waals surface area (Å²) in [6.45, 7) is 1.44. The maximum Gasteiger partial charge on any atom is 1.00 e. The van der Waals surface area contributed by atoms with Gasteiger partial charge in [-0.2, -0.15) is 0 Å². The average molecular weight is 176 g/mol. The molecule has 0 aliphatic carbocycles. The van der Waals surface area contributed by atoms with Gasteiger partial charge in [-0.25, -0.2) is 8.42 Å². The molecule has 0 saturated carbocycles. The Morgan fingerprint density at radius 2 is 2.00 bits per heavy atom. The van der Waals surface area contributed by atoms with E-state index in [-0.39, 0.29) is 36.0 Å². The summed E-state index contributed by atoms with van der Waals surface area (Å²) in [5.74, 6) is -0.481. The van der Waals surface area contributed by atoms with E-state index in [1.807, 2.05) is 0 Å². The Morgan fingerprint density at radius 1 is 1.60 bits per heavy atom. The van der Waals surface area contributed by atoms with Crippen LogP contribution in [0, 0.1) is 0 Å². The summed E-state index contributed by atoms with van der Waals surface area (Å²) in [6.07, 6.45) is -0.694. The van der Waals surface area contributed by atoms with Crippen LogP contribution in [0.25, 0.3) is 0 Å². The molecule has 0 aromatic rings. The van der Waals surface area contributed by atoms with Crippen molar-refractivity contribution in [1.29, 1.82) is 0 Å². The summed E-state index contributed by atoms with van der Waals surface area (Å²) in [7, 11) is -4.13. The molecule has 0 aliphatic heterocycles. The van der Waals surface area contributed by atoms with Gasteiger partial charge in [0.25, 0.3) is 0 Å². The Hall–Kier alpha value is 0.870. The SMILES string of the molecule is CC(O)CCS(=O)(=O)[O-].[Na+]. The molecule has 1 unspecified atom stereocenters. The quantitative estimate of drug-likeness (QED) is 0.355. The molecule has 10 heavy (non-hydrogen) atoms. The van der Waals surface area contributed by atoms with Crippen molar-refractivity contribution in [3.63, 3.8) is 0 Å². The molecule has 0 spiro atoms. The van der Waals surface area contributed by atoms with Crippen LogP contribution in [0.3, 0.4) is 0 Å². The molecule has 0 heterocycles. The molecule has 0 bridgehead atoms. The fourth-order valence-electron chi connectivity index (χ4n) is 0.315. The van der Waals surface area contributed by atoms with Crippen LogP contribution < -0.4 is 29.6 Å². The molecule has 0 saturated heterocycles. The van der Waals surface area contributed by atoms with Crippen LogP contribution in [0.15, 0.2) is 0 Å². The standard InChI is InChI=1S/C4H10O4S.Na/c1-4(5)2-3-9(6,7)8;/h4-5H,2-3H2,1H3,(H,6,7,8);/q;+1/p-1. The van der Waals surface area contributed by atoms with Crippen molar-refractivity contribution in [1.82, 2.24) is 0 Å². The molecule has 0 amide bonds. The third kappa shape index (κ3) is 11.6. The molecule has 56 valence electrons. The second kappa shape index (κ2) is 5.51. The molecule has 0 rings (SSSR count). The van der Waals surface area contributed by atoms with Crippen LogP contribution >= 0.6 is 0 Å². The fraction of sp³-hybridized carbons (Fsp3) is 1.00. The van der Waals surface area contributed by atoms with Crippen LogP contribution in [-0.4, -0.2) is 29.9 Å². The van der Waals surface area contributed by atoms with E-state index in [9.17, 15) is 13.0 Å². The molecule has 6 heteroatoms. The maximum atomic E-state index is 9.87. The molecule has 0 aromatic carbocycles. The van der Waals surface area contributed by atoms with E-state index >= 15 is 0 Å². The third-order valence-electron chi connectivity index (χ3n) is 0.786. The first-order chi connectivity index (χ1) is 3.92. The molecule has 0 radical (unpaired) electrons. The molecule has 1 atom stereocenters. The van der Waals surface area contributed by atoms with E-state index in [1.165, 1.54) is 6.92 Å². The van der Waals surface area contributed by atoms with Crippen molar-refractivity contribution in [2.45, 2.75) is 19.4 Å². The van der Waals surface area contributed by atoms with Gasteiger partial charge in [-0.15, -0.1) is 0 Å². The molecular weight excluding hydrogens is 167 g/mol. The van der Waals surface area contributed by atoms with Crippen LogP contribution in [0.2, 0.25) is 0 Å². The summed E-state index contributed by atoms with van der Waals surface area (Å²) in [4.78, 5) is 0. The summed E-state index contributed by atoms with van der Waals surface area (Å²) in [6, 6.07) is 0. The molecule has 0 aliphatic rings. The van der Waals surface area contributed by atoms with Crippen molar-refractivity contribution >= 4 is 10.1 Å². The maximum absolute atomic E-state index is 9.87. The predicted molar refractivity (Wildman–Crippen MR) is 30.9 cm³/mol. The van der Waals surface area contributed by atoms with Gasteiger partial charge in [-0.05, 0) is 13.3 Å². The summed E-state index contributed by atoms with van der Waals surface area (Å²) < 4.78 is 29.6. The topological polar surface area (TPSA) is 77.4 Å². The van der Waals surface area contributed by atoms with Crippen molar-refractivity contribution < 1.29 is 47.6 Å². The number of hydrogen-bond acceptors (Lipinski definition) is 4. The first-order valence-corrected chi connectivity index (χ1v) is 4.11. The zero-order valence-corrected chi connectivity index (χ0v) is 8.89. The predicted octanol–water partition coefficient (Wildman–Crippen LogP) is -3.69. The number of hydrogen-bond donors (Lipinski definition) is 1. The molecule has 1 N–H and O–H groups in total. The molecule has 0 aromatic heterocycles. The van der Waals surface area contributed by atoms with Gasteiger partial charge < -0.3 is 9.66 Å². The van der Waals surface area contributed by atoms with Crippen molar-refractivity contribution in [2.75, 3.05) is 5.75 Å². The molecule has 4 nitrogen and oxygen atoms in total. The Kier molecular flexibility index (Phi) is 7.42. The van der Waals surface area contributed by atoms with Crippen LogP contribution in [0.1, 0.15) is 13.3 Å². The molecule has 0 fully saturated rings. The average Bonchev–Trinajstić information content (AvgIpc) is 1.59. The van der Waals surface area contributed by atoms with E-state index < -0.39 is 22.0 Å². The monoisotopic (exact) mass is 176 g/mol. The van der Waals surface area contributed by atoms with E-state index in [0.717, 1.165) is 0 Å². The van der Waals surface area contributed by atoms with Gasteiger partial charge in [0.2, 0.25) is 0 Å². The Labute approximate surface area is 82.7 Å². The summed E-state index contributed by atoms with van der Waals surface area (Å²) in [5, 5.41) is 8.51. The first kappa shape index (κ1) is 13.5. The minimum atomic E-state index is -4.13. The van der Waals surface area contributed by atoms with Crippen molar-refractivity contribution in [3.8, 4) is 0 Å². The second-order valence-corrected chi connectivity index (χ2v) is 3.42. The van der Waals surface area contributed by atoms with Gasteiger partial charge in [-0.1, -0.05) is 0 Å². The Bertz CT molecular complexity index is 162. The second-order valence-electron chi connectivity index (χ2n) is 1.90. The van der Waals surface area contributed by atoms with Gasteiger partial charge in [-0.3, -0.25) is 0 Å². The van der Waals surface area contributed by atoms with Gasteiger partial charge in [0.15, 0.2) is 0 Å². The van der Waals surface area contributed by atoms with E-state index in [2.05, 4.69) is 0 Å². The summed E-state index contributed by atoms with van der Waals surface area (Å²) >= 11 is 0. The Morgan fingerprint density at radius 3 is 2.10 bits per heavy atom. The Balaban J connectivity index is 0. The van der Waals surface area contributed by atoms with E-state index in [4.69, 9.17) is 5.11 Å². The smallest absolute Gasteiger partial charge is 0.748 e. The van der Waals surface area contributed by atoms with Crippen LogP contribution in [-0.2, 0) is 10.1 Å². The fourth-order valence-corrected chi connectivity index (χ4v) is 0.945. The van der Waals surface area contributed by atoms with Crippen molar-refractivity contribution in [2.24, 2.45) is 0 Å². The van der Waals surface area contributed by atoms with Crippen LogP contribution in [0.5, 0.6) is 0 Å². The normalized spacial score (nSPS) is 13.9. The zero-order chi connectivity index (χ0) is 7.49. The minimum Gasteiger partial charge on any atom is -0.748 e. The van der Waals surface area contributed by atoms with Gasteiger partial charge in [0.05, 0.1) is 16.2 Å². The van der Waals surface area contributed by atoms with Crippen LogP contribution in [0.4, 0.5) is 0 Å². The first-order valence-electron chi connectivity index (χ1n) is 2.53.